The lowest BCUT2D eigenvalue weighted by molar-refractivity contribution is -0.129. The van der Waals surface area contributed by atoms with Crippen LogP contribution in [0.25, 0.3) is 0 Å². The maximum absolute atomic E-state index is 11.9. The Hall–Kier alpha value is -0.610. The van der Waals surface area contributed by atoms with Gasteiger partial charge in [-0.15, -0.1) is 0 Å². The molecule has 86 valence electrons. The molecule has 2 rings (SSSR count). The number of nitrogens with one attached hydrogen (secondary N) is 1. The van der Waals surface area contributed by atoms with Crippen LogP contribution in [0.4, 0.5) is 0 Å². The van der Waals surface area contributed by atoms with Crippen molar-refractivity contribution >= 4 is 5.91 Å². The first kappa shape index (κ1) is 10.9. The number of amides is 1. The van der Waals surface area contributed by atoms with Crippen LogP contribution in [0, 0.1) is 5.92 Å². The van der Waals surface area contributed by atoms with Crippen LogP contribution in [0.2, 0.25) is 0 Å². The number of hydrogen-bond donors (Lipinski definition) is 1. The second-order valence-electron chi connectivity index (χ2n) is 4.83. The molecule has 2 aliphatic rings. The Kier molecular flexibility index (Phi) is 3.26. The number of likely N-dealkylation sites (tertiary alicyclic amines) is 2. The van der Waals surface area contributed by atoms with E-state index in [-0.39, 0.29) is 6.04 Å². The fourth-order valence-electron chi connectivity index (χ4n) is 2.68. The molecule has 1 N–H and O–H groups in total. The molecule has 0 aromatic rings. The van der Waals surface area contributed by atoms with E-state index >= 15 is 0 Å². The molecule has 2 unspecified atom stereocenters. The van der Waals surface area contributed by atoms with E-state index in [9.17, 15) is 4.79 Å². The van der Waals surface area contributed by atoms with Crippen molar-refractivity contribution in [1.29, 1.82) is 0 Å². The summed E-state index contributed by atoms with van der Waals surface area (Å²) in [5.74, 6) is 0.988. The zero-order chi connectivity index (χ0) is 10.8. The zero-order valence-corrected chi connectivity index (χ0v) is 9.70. The average molecular weight is 211 g/mol. The summed E-state index contributed by atoms with van der Waals surface area (Å²) >= 11 is 0. The summed E-state index contributed by atoms with van der Waals surface area (Å²) < 4.78 is 0. The van der Waals surface area contributed by atoms with Crippen LogP contribution in [0.1, 0.15) is 12.8 Å². The number of likely N-dealkylation sites (N-methyl/N-ethyl adjacent to an activating group) is 1. The zero-order valence-electron chi connectivity index (χ0n) is 9.70. The first-order valence-electron chi connectivity index (χ1n) is 5.85. The van der Waals surface area contributed by atoms with Gasteiger partial charge in [0.1, 0.15) is 0 Å². The average Bonchev–Trinajstić information content (AvgIpc) is 2.76. The van der Waals surface area contributed by atoms with Crippen molar-refractivity contribution in [3.63, 3.8) is 0 Å². The molecule has 0 saturated carbocycles. The fourth-order valence-corrected chi connectivity index (χ4v) is 2.68. The molecule has 0 aromatic carbocycles. The van der Waals surface area contributed by atoms with Gasteiger partial charge in [0.05, 0.1) is 6.04 Å². The molecule has 4 nitrogen and oxygen atoms in total. The number of nitrogens with zero attached hydrogens (tertiary/aromatic N) is 2. The lowest BCUT2D eigenvalue weighted by Gasteiger charge is -2.20. The summed E-state index contributed by atoms with van der Waals surface area (Å²) in [5, 5.41) is 3.08. The number of carbonyl (C=O) groups is 1. The topological polar surface area (TPSA) is 35.6 Å². The molecule has 2 saturated heterocycles. The van der Waals surface area contributed by atoms with E-state index in [2.05, 4.69) is 17.3 Å². The van der Waals surface area contributed by atoms with Crippen LogP contribution in [0.5, 0.6) is 0 Å². The van der Waals surface area contributed by atoms with Gasteiger partial charge in [-0.05, 0) is 39.4 Å². The highest BCUT2D eigenvalue weighted by atomic mass is 16.2. The van der Waals surface area contributed by atoms with Gasteiger partial charge in [-0.3, -0.25) is 4.79 Å². The van der Waals surface area contributed by atoms with Gasteiger partial charge in [0, 0.05) is 19.6 Å². The minimum absolute atomic E-state index is 0.0733. The first-order valence-corrected chi connectivity index (χ1v) is 5.85. The Morgan fingerprint density at radius 1 is 1.40 bits per heavy atom. The maximum atomic E-state index is 11.9. The van der Waals surface area contributed by atoms with Gasteiger partial charge in [0.25, 0.3) is 0 Å². The summed E-state index contributed by atoms with van der Waals surface area (Å²) in [6, 6.07) is 0.0733. The molecule has 0 spiro atoms. The van der Waals surface area contributed by atoms with E-state index in [0.29, 0.717) is 11.8 Å². The standard InChI is InChI=1S/C11H21N3O/c1-12-10-4-6-14(11(10)15)8-9-3-5-13(2)7-9/h9-10,12H,3-8H2,1-2H3. The van der Waals surface area contributed by atoms with Gasteiger partial charge in [-0.25, -0.2) is 0 Å². The van der Waals surface area contributed by atoms with Gasteiger partial charge in [-0.2, -0.15) is 0 Å². The van der Waals surface area contributed by atoms with Gasteiger partial charge < -0.3 is 15.1 Å². The number of hydrogen-bond acceptors (Lipinski definition) is 3. The van der Waals surface area contributed by atoms with Crippen molar-refractivity contribution in [3.05, 3.63) is 0 Å². The molecule has 0 aliphatic carbocycles. The smallest absolute Gasteiger partial charge is 0.239 e. The molecule has 2 fully saturated rings. The SMILES string of the molecule is CNC1CCN(CC2CCN(C)C2)C1=O. The van der Waals surface area contributed by atoms with Gasteiger partial charge in [0.15, 0.2) is 0 Å². The largest absolute Gasteiger partial charge is 0.341 e. The number of carbonyl (C=O) groups excluding carboxylic acids is 1. The first-order chi connectivity index (χ1) is 7.20. The third kappa shape index (κ3) is 2.32. The van der Waals surface area contributed by atoms with Crippen LogP contribution < -0.4 is 5.32 Å². The van der Waals surface area contributed by atoms with E-state index in [1.807, 2.05) is 11.9 Å². The highest BCUT2D eigenvalue weighted by molar-refractivity contribution is 5.83. The predicted octanol–water partition coefficient (Wildman–Crippen LogP) is -0.242. The third-order valence-corrected chi connectivity index (χ3v) is 3.61. The van der Waals surface area contributed by atoms with Gasteiger partial charge in [-0.1, -0.05) is 0 Å². The van der Waals surface area contributed by atoms with Crippen LogP contribution in [0.3, 0.4) is 0 Å². The molecule has 15 heavy (non-hydrogen) atoms. The van der Waals surface area contributed by atoms with E-state index in [4.69, 9.17) is 0 Å². The molecule has 0 radical (unpaired) electrons. The van der Waals surface area contributed by atoms with E-state index in [0.717, 1.165) is 26.1 Å². The Morgan fingerprint density at radius 2 is 2.20 bits per heavy atom. The highest BCUT2D eigenvalue weighted by Gasteiger charge is 2.32. The van der Waals surface area contributed by atoms with E-state index in [1.54, 1.807) is 0 Å². The van der Waals surface area contributed by atoms with Crippen LogP contribution in [0.15, 0.2) is 0 Å². The van der Waals surface area contributed by atoms with Crippen molar-refractivity contribution in [3.8, 4) is 0 Å². The van der Waals surface area contributed by atoms with Crippen molar-refractivity contribution in [2.45, 2.75) is 18.9 Å². The van der Waals surface area contributed by atoms with Crippen molar-refractivity contribution < 1.29 is 4.79 Å². The van der Waals surface area contributed by atoms with Crippen molar-refractivity contribution in [2.24, 2.45) is 5.92 Å². The summed E-state index contributed by atoms with van der Waals surface area (Å²) in [4.78, 5) is 16.2. The number of rotatable bonds is 3. The second kappa shape index (κ2) is 4.49. The molecule has 4 heteroatoms. The molecule has 2 heterocycles. The quantitative estimate of drug-likeness (QED) is 0.700. The second-order valence-corrected chi connectivity index (χ2v) is 4.83. The molecule has 0 bridgehead atoms. The predicted molar refractivity (Wildman–Crippen MR) is 59.6 cm³/mol. The summed E-state index contributed by atoms with van der Waals surface area (Å²) in [6.45, 7) is 4.22. The summed E-state index contributed by atoms with van der Waals surface area (Å²) in [6.07, 6.45) is 2.21. The van der Waals surface area contributed by atoms with Crippen LogP contribution >= 0.6 is 0 Å². The summed E-state index contributed by atoms with van der Waals surface area (Å²) in [5.41, 5.74) is 0. The lowest BCUT2D eigenvalue weighted by atomic mass is 10.1. The van der Waals surface area contributed by atoms with Crippen molar-refractivity contribution in [1.82, 2.24) is 15.1 Å². The lowest BCUT2D eigenvalue weighted by Crippen LogP contribution is -2.38. The minimum Gasteiger partial charge on any atom is -0.341 e. The maximum Gasteiger partial charge on any atom is 0.239 e. The van der Waals surface area contributed by atoms with E-state index < -0.39 is 0 Å². The fraction of sp³-hybridized carbons (Fsp3) is 0.909. The Labute approximate surface area is 91.6 Å². The van der Waals surface area contributed by atoms with Crippen LogP contribution in [-0.4, -0.2) is 62.0 Å². The normalized spacial score (nSPS) is 32.9. The monoisotopic (exact) mass is 211 g/mol. The molecule has 2 aliphatic heterocycles. The van der Waals surface area contributed by atoms with Crippen molar-refractivity contribution in [2.75, 3.05) is 40.3 Å². The van der Waals surface area contributed by atoms with Crippen LogP contribution in [-0.2, 0) is 4.79 Å². The Balaban J connectivity index is 1.83. The molecular weight excluding hydrogens is 190 g/mol. The molecule has 2 atom stereocenters. The molecule has 1 amide bonds. The molecular formula is C11H21N3O. The van der Waals surface area contributed by atoms with Gasteiger partial charge >= 0.3 is 0 Å². The molecule has 0 aromatic heterocycles. The third-order valence-electron chi connectivity index (χ3n) is 3.61. The summed E-state index contributed by atoms with van der Waals surface area (Å²) in [7, 11) is 4.03. The van der Waals surface area contributed by atoms with E-state index in [1.165, 1.54) is 13.0 Å². The Morgan fingerprint density at radius 3 is 2.73 bits per heavy atom. The minimum atomic E-state index is 0.0733. The highest BCUT2D eigenvalue weighted by Crippen LogP contribution is 2.19. The van der Waals surface area contributed by atoms with Gasteiger partial charge in [0.2, 0.25) is 5.91 Å². The Bertz CT molecular complexity index is 244.